The number of benzene rings is 1. The van der Waals surface area contributed by atoms with E-state index < -0.39 is 17.8 Å². The molecule has 3 N–H and O–H groups in total. The molecule has 1 aliphatic heterocycles. The molecule has 2 heterocycles. The Hall–Kier alpha value is -3.00. The minimum absolute atomic E-state index is 0.00966. The molecule has 0 bridgehead atoms. The number of carbonyl (C=O) groups is 2. The van der Waals surface area contributed by atoms with Crippen LogP contribution in [-0.4, -0.2) is 34.7 Å². The van der Waals surface area contributed by atoms with Crippen LogP contribution in [0.1, 0.15) is 28.5 Å². The van der Waals surface area contributed by atoms with Crippen molar-refractivity contribution in [3.05, 3.63) is 58.6 Å². The van der Waals surface area contributed by atoms with E-state index in [1.807, 2.05) is 0 Å². The van der Waals surface area contributed by atoms with E-state index in [-0.39, 0.29) is 29.5 Å². The number of nitrogens with one attached hydrogen (secondary N) is 1. The number of guanidine groups is 1. The summed E-state index contributed by atoms with van der Waals surface area (Å²) in [5, 5.41) is 3.04. The van der Waals surface area contributed by atoms with E-state index in [2.05, 4.69) is 15.3 Å². The second kappa shape index (κ2) is 7.09. The summed E-state index contributed by atoms with van der Waals surface area (Å²) in [5.41, 5.74) is 6.39. The molecule has 1 aliphatic rings. The number of pyridine rings is 1. The first kappa shape index (κ1) is 17.8. The standard InChI is InChI=1S/C17H15ClFN5O2/c1-24-15(25)7-14(23-17(24)20)11-6-10(3-4-12(11)19)22-16(26)13-5-2-9(18)8-21-13/h2-6,8,14H,7H2,1H3,(H2,20,23)(H,22,26)/t14-/m0/s1. The highest BCUT2D eigenvalue weighted by Crippen LogP contribution is 2.29. The lowest BCUT2D eigenvalue weighted by molar-refractivity contribution is -0.127. The molecule has 0 saturated heterocycles. The zero-order valence-corrected chi connectivity index (χ0v) is 14.5. The Kier molecular flexibility index (Phi) is 4.85. The van der Waals surface area contributed by atoms with E-state index in [0.29, 0.717) is 10.7 Å². The summed E-state index contributed by atoms with van der Waals surface area (Å²) < 4.78 is 14.2. The van der Waals surface area contributed by atoms with Crippen molar-refractivity contribution in [2.24, 2.45) is 10.7 Å². The molecule has 7 nitrogen and oxygen atoms in total. The molecule has 2 amide bonds. The van der Waals surface area contributed by atoms with Gasteiger partial charge in [-0.3, -0.25) is 14.5 Å². The number of amides is 2. The van der Waals surface area contributed by atoms with Crippen molar-refractivity contribution in [1.82, 2.24) is 9.88 Å². The van der Waals surface area contributed by atoms with Gasteiger partial charge < -0.3 is 11.1 Å². The zero-order chi connectivity index (χ0) is 18.8. The van der Waals surface area contributed by atoms with Gasteiger partial charge in [-0.25, -0.2) is 14.4 Å². The predicted molar refractivity (Wildman–Crippen MR) is 95.4 cm³/mol. The largest absolute Gasteiger partial charge is 0.369 e. The fraction of sp³-hybridized carbons (Fsp3) is 0.176. The van der Waals surface area contributed by atoms with Crippen LogP contribution in [0.25, 0.3) is 0 Å². The minimum Gasteiger partial charge on any atom is -0.369 e. The molecule has 1 aromatic heterocycles. The Morgan fingerprint density at radius 2 is 2.15 bits per heavy atom. The Balaban J connectivity index is 1.85. The quantitative estimate of drug-likeness (QED) is 0.859. The van der Waals surface area contributed by atoms with Crippen molar-refractivity contribution < 1.29 is 14.0 Å². The van der Waals surface area contributed by atoms with Crippen molar-refractivity contribution in [3.8, 4) is 0 Å². The van der Waals surface area contributed by atoms with Gasteiger partial charge in [-0.1, -0.05) is 11.6 Å². The smallest absolute Gasteiger partial charge is 0.274 e. The van der Waals surface area contributed by atoms with Crippen molar-refractivity contribution >= 4 is 35.1 Å². The van der Waals surface area contributed by atoms with Crippen LogP contribution in [0.4, 0.5) is 10.1 Å². The Bertz CT molecular complexity index is 901. The molecule has 1 aromatic carbocycles. The maximum Gasteiger partial charge on any atom is 0.274 e. The van der Waals surface area contributed by atoms with Gasteiger partial charge in [-0.2, -0.15) is 0 Å². The molecule has 2 aromatic rings. The second-order valence-electron chi connectivity index (χ2n) is 5.71. The SMILES string of the molecule is CN1C(=O)C[C@@H](c2cc(NC(=O)c3ccc(Cl)cn3)ccc2F)N=C1N. The highest BCUT2D eigenvalue weighted by atomic mass is 35.5. The van der Waals surface area contributed by atoms with Gasteiger partial charge in [0.2, 0.25) is 5.91 Å². The number of hydrogen-bond acceptors (Lipinski definition) is 5. The van der Waals surface area contributed by atoms with Crippen molar-refractivity contribution in [3.63, 3.8) is 0 Å². The van der Waals surface area contributed by atoms with E-state index in [4.69, 9.17) is 17.3 Å². The van der Waals surface area contributed by atoms with Crippen LogP contribution in [0.15, 0.2) is 41.5 Å². The fourth-order valence-electron chi connectivity index (χ4n) is 2.48. The van der Waals surface area contributed by atoms with Gasteiger partial charge in [0.05, 0.1) is 17.5 Å². The average molecular weight is 376 g/mol. The molecule has 0 spiro atoms. The first-order chi connectivity index (χ1) is 12.3. The summed E-state index contributed by atoms with van der Waals surface area (Å²) in [6.45, 7) is 0. The number of nitrogens with two attached hydrogens (primary N) is 1. The van der Waals surface area contributed by atoms with E-state index >= 15 is 0 Å². The summed E-state index contributed by atoms with van der Waals surface area (Å²) in [6.07, 6.45) is 1.35. The highest BCUT2D eigenvalue weighted by Gasteiger charge is 2.27. The lowest BCUT2D eigenvalue weighted by Crippen LogP contribution is -2.42. The van der Waals surface area contributed by atoms with E-state index in [9.17, 15) is 14.0 Å². The number of halogens is 2. The molecule has 0 saturated carbocycles. The summed E-state index contributed by atoms with van der Waals surface area (Å²) in [5.74, 6) is -1.25. The highest BCUT2D eigenvalue weighted by molar-refractivity contribution is 6.30. The molecule has 3 rings (SSSR count). The normalized spacial score (nSPS) is 17.0. The van der Waals surface area contributed by atoms with Gasteiger partial charge in [0, 0.05) is 24.5 Å². The number of anilines is 1. The summed E-state index contributed by atoms with van der Waals surface area (Å²) in [6, 6.07) is 6.32. The lowest BCUT2D eigenvalue weighted by atomic mass is 10.0. The predicted octanol–water partition coefficient (Wildman–Crippen LogP) is 2.34. The Morgan fingerprint density at radius 3 is 2.81 bits per heavy atom. The third-order valence-electron chi connectivity index (χ3n) is 3.95. The lowest BCUT2D eigenvalue weighted by Gasteiger charge is -2.26. The van der Waals surface area contributed by atoms with Crippen LogP contribution in [0.3, 0.4) is 0 Å². The number of hydrogen-bond donors (Lipinski definition) is 2. The number of carbonyl (C=O) groups excluding carboxylic acids is 2. The van der Waals surface area contributed by atoms with Crippen LogP contribution < -0.4 is 11.1 Å². The van der Waals surface area contributed by atoms with Gasteiger partial charge in [-0.15, -0.1) is 0 Å². The van der Waals surface area contributed by atoms with Crippen LogP contribution in [0, 0.1) is 5.82 Å². The average Bonchev–Trinajstić information content (AvgIpc) is 2.61. The van der Waals surface area contributed by atoms with Crippen LogP contribution in [0.5, 0.6) is 0 Å². The molecule has 9 heteroatoms. The topological polar surface area (TPSA) is 101 Å². The number of aliphatic imine (C=N–C) groups is 1. The molecule has 26 heavy (non-hydrogen) atoms. The molecule has 0 unspecified atom stereocenters. The Morgan fingerprint density at radius 1 is 1.38 bits per heavy atom. The zero-order valence-electron chi connectivity index (χ0n) is 13.7. The number of aromatic nitrogens is 1. The molecular formula is C17H15ClFN5O2. The summed E-state index contributed by atoms with van der Waals surface area (Å²) in [7, 11) is 1.50. The molecule has 134 valence electrons. The maximum absolute atomic E-state index is 14.2. The van der Waals surface area contributed by atoms with Gasteiger partial charge in [0.1, 0.15) is 11.5 Å². The first-order valence-corrected chi connectivity index (χ1v) is 8.05. The van der Waals surface area contributed by atoms with Crippen molar-refractivity contribution in [2.75, 3.05) is 12.4 Å². The molecule has 0 fully saturated rings. The third kappa shape index (κ3) is 3.65. The summed E-state index contributed by atoms with van der Waals surface area (Å²) in [4.78, 5) is 33.4. The van der Waals surface area contributed by atoms with E-state index in [1.54, 1.807) is 6.07 Å². The number of rotatable bonds is 3. The van der Waals surface area contributed by atoms with Gasteiger partial charge in [-0.05, 0) is 30.3 Å². The van der Waals surface area contributed by atoms with Crippen molar-refractivity contribution in [1.29, 1.82) is 0 Å². The number of nitrogens with zero attached hydrogens (tertiary/aromatic N) is 3. The molecule has 1 atom stereocenters. The molecule has 0 aliphatic carbocycles. The van der Waals surface area contributed by atoms with Gasteiger partial charge in [0.15, 0.2) is 5.96 Å². The summed E-state index contributed by atoms with van der Waals surface area (Å²) >= 11 is 5.75. The van der Waals surface area contributed by atoms with E-state index in [1.165, 1.54) is 42.4 Å². The Labute approximate surface area is 153 Å². The van der Waals surface area contributed by atoms with Gasteiger partial charge >= 0.3 is 0 Å². The third-order valence-corrected chi connectivity index (χ3v) is 4.17. The van der Waals surface area contributed by atoms with E-state index in [0.717, 1.165) is 0 Å². The minimum atomic E-state index is -0.746. The first-order valence-electron chi connectivity index (χ1n) is 7.67. The second-order valence-corrected chi connectivity index (χ2v) is 6.15. The van der Waals surface area contributed by atoms with Crippen molar-refractivity contribution in [2.45, 2.75) is 12.5 Å². The monoisotopic (exact) mass is 375 g/mol. The molecule has 0 radical (unpaired) electrons. The van der Waals surface area contributed by atoms with Crippen LogP contribution >= 0.6 is 11.6 Å². The maximum atomic E-state index is 14.2. The molecular weight excluding hydrogens is 361 g/mol. The fourth-order valence-corrected chi connectivity index (χ4v) is 2.60. The van der Waals surface area contributed by atoms with Crippen LogP contribution in [0.2, 0.25) is 5.02 Å². The van der Waals surface area contributed by atoms with Gasteiger partial charge in [0.25, 0.3) is 5.91 Å². The van der Waals surface area contributed by atoms with Crippen LogP contribution in [-0.2, 0) is 4.79 Å².